The number of likely N-dealkylation sites (tertiary alicyclic amines) is 1. The summed E-state index contributed by atoms with van der Waals surface area (Å²) in [6.07, 6.45) is 2.10. The Kier molecular flexibility index (Phi) is 9.27. The number of imidazole rings is 1. The van der Waals surface area contributed by atoms with Gasteiger partial charge < -0.3 is 34.2 Å². The Labute approximate surface area is 347 Å². The maximum Gasteiger partial charge on any atom is 0.245 e. The van der Waals surface area contributed by atoms with E-state index in [1.165, 1.54) is 29.1 Å². The van der Waals surface area contributed by atoms with E-state index in [1.54, 1.807) is 24.0 Å². The molecule has 5 atom stereocenters. The number of piperazine rings is 1. The van der Waals surface area contributed by atoms with Gasteiger partial charge in [0.1, 0.15) is 46.9 Å². The number of rotatable bonds is 6. The lowest BCUT2D eigenvalue weighted by Gasteiger charge is -2.55. The van der Waals surface area contributed by atoms with Crippen molar-refractivity contribution in [2.75, 3.05) is 55.5 Å². The number of anilines is 3. The number of hydrogen-bond donors (Lipinski definition) is 1. The molecule has 2 amide bonds. The van der Waals surface area contributed by atoms with Gasteiger partial charge in [-0.15, -0.1) is 0 Å². The molecule has 6 bridgehead atoms. The van der Waals surface area contributed by atoms with Gasteiger partial charge in [0.25, 0.3) is 0 Å². The summed E-state index contributed by atoms with van der Waals surface area (Å²) in [5, 5.41) is 17.6. The molecule has 0 unspecified atom stereocenters. The molecule has 0 saturated carbocycles. The van der Waals surface area contributed by atoms with Crippen molar-refractivity contribution in [3.05, 3.63) is 78.0 Å². The smallest absolute Gasteiger partial charge is 0.245 e. The predicted molar refractivity (Wildman–Crippen MR) is 217 cm³/mol. The number of hydrogen-bond acceptors (Lipinski definition) is 12. The number of amides is 2. The number of methoxy groups -OCH3 is 1. The van der Waals surface area contributed by atoms with Crippen LogP contribution in [-0.2, 0) is 20.9 Å². The minimum absolute atomic E-state index is 0.0484. The van der Waals surface area contributed by atoms with E-state index >= 15 is 8.78 Å². The summed E-state index contributed by atoms with van der Waals surface area (Å²) in [5.41, 5.74) is 2.43. The largest absolute Gasteiger partial charge is 0.378 e. The maximum atomic E-state index is 15.4. The van der Waals surface area contributed by atoms with Crippen molar-refractivity contribution in [2.24, 2.45) is 0 Å². The van der Waals surface area contributed by atoms with Crippen LogP contribution in [0.25, 0.3) is 39.0 Å². The molecule has 10 rings (SSSR count). The summed E-state index contributed by atoms with van der Waals surface area (Å²) < 4.78 is 53.9. The average molecular weight is 832 g/mol. The fraction of sp³-hybridized carbons (Fsp3) is 0.381. The Hall–Kier alpha value is -6.81. The molecule has 4 aliphatic heterocycles. The second-order valence-electron chi connectivity index (χ2n) is 16.1. The number of piperidine rings is 1. The standard InChI is InChI=1S/C42H40F3N13O3/c1-22-48-32-14-24(44)12-28-31-6-4-7-36(50-31)49-25-15-34(40(59)53(2)20-27(61-3)21-55(22)37(28)32)56(18-25)38-29-17-47-58(33-9-8-23(43)13-30(33)45)39(29)52-42(51-38)57-26-16-35(57)41(60)54(19-26)11-5-10-46/h4,6-9,12-14,17,25-27,34-35H,5,11,15-16,18-21H2,1-3H3,(H,49,50)/t25-,26+,27-,34-,35-/m0/s1. The number of pyridine rings is 1. The van der Waals surface area contributed by atoms with Crippen molar-refractivity contribution < 1.29 is 27.5 Å². The van der Waals surface area contributed by atoms with E-state index in [0.717, 1.165) is 12.1 Å². The summed E-state index contributed by atoms with van der Waals surface area (Å²) in [6, 6.07) is 11.7. The van der Waals surface area contributed by atoms with Crippen LogP contribution in [0.5, 0.6) is 0 Å². The van der Waals surface area contributed by atoms with E-state index in [9.17, 15) is 19.2 Å². The fourth-order valence-corrected chi connectivity index (χ4v) is 9.39. The molecule has 19 heteroatoms. The van der Waals surface area contributed by atoms with Crippen LogP contribution >= 0.6 is 0 Å². The van der Waals surface area contributed by atoms with Gasteiger partial charge in [-0.2, -0.15) is 20.3 Å². The number of benzene rings is 2. The first-order valence-corrected chi connectivity index (χ1v) is 20.1. The zero-order valence-corrected chi connectivity index (χ0v) is 33.5. The number of nitrogens with one attached hydrogen (secondary N) is 1. The van der Waals surface area contributed by atoms with Crippen molar-refractivity contribution in [3.63, 3.8) is 0 Å². The van der Waals surface area contributed by atoms with Gasteiger partial charge in [0.05, 0.1) is 59.5 Å². The number of carbonyl (C=O) groups is 2. The number of aryl methyl sites for hydroxylation is 1. The third kappa shape index (κ3) is 6.43. The lowest BCUT2D eigenvalue weighted by Crippen LogP contribution is -2.72. The predicted octanol–water partition coefficient (Wildman–Crippen LogP) is 4.20. The van der Waals surface area contributed by atoms with Gasteiger partial charge in [-0.3, -0.25) is 9.59 Å². The molecule has 312 valence electrons. The maximum absolute atomic E-state index is 15.4. The number of likely N-dealkylation sites (N-methyl/N-ethyl adjacent to an activating group) is 1. The number of carbonyl (C=O) groups excluding carboxylic acids is 2. The zero-order chi connectivity index (χ0) is 42.3. The molecular formula is C42H40F3N13O3. The summed E-state index contributed by atoms with van der Waals surface area (Å²) >= 11 is 0. The summed E-state index contributed by atoms with van der Waals surface area (Å²) in [4.78, 5) is 55.1. The Morgan fingerprint density at radius 2 is 1.79 bits per heavy atom. The fourth-order valence-electron chi connectivity index (χ4n) is 9.39. The minimum Gasteiger partial charge on any atom is -0.378 e. The van der Waals surface area contributed by atoms with Crippen molar-refractivity contribution >= 4 is 51.5 Å². The highest BCUT2D eigenvalue weighted by Gasteiger charge is 2.52. The molecule has 1 N–H and O–H groups in total. The van der Waals surface area contributed by atoms with Crippen LogP contribution in [-0.4, -0.2) is 127 Å². The monoisotopic (exact) mass is 831 g/mol. The van der Waals surface area contributed by atoms with Crippen LogP contribution in [0.4, 0.5) is 30.8 Å². The molecule has 4 aliphatic rings. The van der Waals surface area contributed by atoms with E-state index in [-0.39, 0.29) is 60.7 Å². The van der Waals surface area contributed by atoms with Crippen LogP contribution in [0.15, 0.2) is 54.7 Å². The van der Waals surface area contributed by atoms with Gasteiger partial charge in [0.2, 0.25) is 17.8 Å². The second-order valence-corrected chi connectivity index (χ2v) is 16.1. The van der Waals surface area contributed by atoms with Gasteiger partial charge in [0.15, 0.2) is 11.5 Å². The van der Waals surface area contributed by atoms with E-state index in [2.05, 4.69) is 21.5 Å². The highest BCUT2D eigenvalue weighted by molar-refractivity contribution is 5.95. The number of aromatic nitrogens is 7. The molecule has 3 saturated heterocycles. The summed E-state index contributed by atoms with van der Waals surface area (Å²) in [5.74, 6) is -0.726. The highest BCUT2D eigenvalue weighted by atomic mass is 19.1. The summed E-state index contributed by atoms with van der Waals surface area (Å²) in [6.45, 7) is 3.30. The first kappa shape index (κ1) is 38.4. The van der Waals surface area contributed by atoms with Crippen LogP contribution in [0.1, 0.15) is 25.1 Å². The van der Waals surface area contributed by atoms with Crippen molar-refractivity contribution in [3.8, 4) is 23.0 Å². The molecule has 2 aromatic carbocycles. The first-order chi connectivity index (χ1) is 29.5. The topological polar surface area (TPSA) is 166 Å². The number of halogens is 3. The SMILES string of the molecule is CO[C@H]1CN(C)C(=O)[C@@H]2C[C@@H](CN2c2nc(N3[C@@H]4C[C@H]3C(=O)N(CCC#N)C4)nc3c2cnn3-c2ccc(F)cc2F)Nc2cccc(n2)-c2cc(F)cc3nc(C)n(c23)C1. The van der Waals surface area contributed by atoms with Gasteiger partial charge in [-0.05, 0) is 50.1 Å². The minimum atomic E-state index is -0.858. The Balaban J connectivity index is 1.09. The Morgan fingerprint density at radius 3 is 2.57 bits per heavy atom. The van der Waals surface area contributed by atoms with E-state index in [0.29, 0.717) is 77.6 Å². The molecule has 0 radical (unpaired) electrons. The van der Waals surface area contributed by atoms with E-state index in [1.807, 2.05) is 39.5 Å². The third-order valence-corrected chi connectivity index (χ3v) is 12.3. The van der Waals surface area contributed by atoms with Crippen LogP contribution in [0, 0.1) is 35.7 Å². The molecule has 8 heterocycles. The molecule has 0 aliphatic carbocycles. The molecule has 6 aromatic rings. The molecular weight excluding hydrogens is 792 g/mol. The van der Waals surface area contributed by atoms with Crippen molar-refractivity contribution in [2.45, 2.75) is 63.0 Å². The molecule has 4 aromatic heterocycles. The number of ether oxygens (including phenoxy) is 1. The van der Waals surface area contributed by atoms with Gasteiger partial charge in [0, 0.05) is 64.1 Å². The second kappa shape index (κ2) is 14.7. The number of nitrogens with zero attached hydrogens (tertiary/aromatic N) is 12. The Bertz CT molecular complexity index is 2810. The quantitative estimate of drug-likeness (QED) is 0.255. The summed E-state index contributed by atoms with van der Waals surface area (Å²) in [7, 11) is 3.30. The van der Waals surface area contributed by atoms with Gasteiger partial charge >= 0.3 is 0 Å². The first-order valence-electron chi connectivity index (χ1n) is 20.1. The van der Waals surface area contributed by atoms with Gasteiger partial charge in [-0.1, -0.05) is 6.07 Å². The third-order valence-electron chi connectivity index (χ3n) is 12.3. The number of fused-ring (bicyclic) bond motifs is 8. The molecule has 3 fully saturated rings. The van der Waals surface area contributed by atoms with Crippen LogP contribution in [0.3, 0.4) is 0 Å². The normalized spacial score (nSPS) is 22.6. The molecule has 0 spiro atoms. The lowest BCUT2D eigenvalue weighted by molar-refractivity contribution is -0.140. The molecule has 16 nitrogen and oxygen atoms in total. The van der Waals surface area contributed by atoms with E-state index in [4.69, 9.17) is 19.7 Å². The van der Waals surface area contributed by atoms with Gasteiger partial charge in [-0.25, -0.2) is 27.8 Å². The Morgan fingerprint density at radius 1 is 0.934 bits per heavy atom. The zero-order valence-electron chi connectivity index (χ0n) is 33.5. The number of nitriles is 1. The van der Waals surface area contributed by atoms with Crippen molar-refractivity contribution in [1.29, 1.82) is 5.26 Å². The highest BCUT2D eigenvalue weighted by Crippen LogP contribution is 2.41. The van der Waals surface area contributed by atoms with Crippen molar-refractivity contribution in [1.82, 2.24) is 44.1 Å². The van der Waals surface area contributed by atoms with E-state index < -0.39 is 35.6 Å². The average Bonchev–Trinajstić information content (AvgIpc) is 3.93. The van der Waals surface area contributed by atoms with Crippen LogP contribution in [0.2, 0.25) is 0 Å². The molecule has 61 heavy (non-hydrogen) atoms. The van der Waals surface area contributed by atoms with Crippen LogP contribution < -0.4 is 15.1 Å². The lowest BCUT2D eigenvalue weighted by atomic mass is 9.87.